The van der Waals surface area contributed by atoms with E-state index in [0.717, 1.165) is 17.8 Å². The van der Waals surface area contributed by atoms with Crippen molar-refractivity contribution in [3.05, 3.63) is 70.5 Å². The first-order valence-electron chi connectivity index (χ1n) is 15.5. The summed E-state index contributed by atoms with van der Waals surface area (Å²) < 4.78 is 90.9. The number of pyridine rings is 1. The van der Waals surface area contributed by atoms with Crippen LogP contribution in [-0.2, 0) is 40.6 Å². The number of nitrogens with zero attached hydrogens (tertiary/aromatic N) is 3. The molecule has 0 spiro atoms. The third kappa shape index (κ3) is 8.78. The topological polar surface area (TPSA) is 145 Å². The van der Waals surface area contributed by atoms with Crippen molar-refractivity contribution >= 4 is 39.4 Å². The summed E-state index contributed by atoms with van der Waals surface area (Å²) in [6.07, 6.45) is -6.36. The number of esters is 1. The molecule has 1 atom stereocenters. The van der Waals surface area contributed by atoms with Gasteiger partial charge in [0.2, 0.25) is 6.29 Å². The zero-order chi connectivity index (χ0) is 37.0. The summed E-state index contributed by atoms with van der Waals surface area (Å²) in [7, 11) is -4.43. The average Bonchev–Trinajstić information content (AvgIpc) is 3.01. The highest BCUT2D eigenvalue weighted by Crippen LogP contribution is 2.45. The molecule has 4 rings (SSSR count). The van der Waals surface area contributed by atoms with Crippen molar-refractivity contribution in [3.63, 3.8) is 0 Å². The van der Waals surface area contributed by atoms with Gasteiger partial charge in [0.25, 0.3) is 10.0 Å². The molecule has 0 saturated carbocycles. The maximum atomic E-state index is 14.5. The van der Waals surface area contributed by atoms with Crippen molar-refractivity contribution in [2.24, 2.45) is 0 Å². The van der Waals surface area contributed by atoms with Gasteiger partial charge in [0.1, 0.15) is 16.3 Å². The standard InChI is InChI=1S/C34H35ClF3N3O8S/c1-20(2)47-32(43)49-21(3)48-31(42)11-8-14-46-28-17-26(35)23(24-19-40-30(34(36,37)38)15-22(24)18-39)16-29(28)50(44,45)41-13-12-33(4,5)25-9-6-7-10-27(25)41/h6-7,9-10,15-17,19-21H,8,11-14H2,1-5H3. The number of ether oxygens (including phenoxy) is 4. The van der Waals surface area contributed by atoms with Gasteiger partial charge in [-0.1, -0.05) is 43.6 Å². The summed E-state index contributed by atoms with van der Waals surface area (Å²) in [5.74, 6) is -0.924. The molecule has 268 valence electrons. The number of halogens is 4. The number of aromatic nitrogens is 1. The first-order chi connectivity index (χ1) is 23.3. The number of fused-ring (bicyclic) bond motifs is 1. The smallest absolute Gasteiger partial charge is 0.492 e. The molecule has 1 aliphatic heterocycles. The van der Waals surface area contributed by atoms with Crippen LogP contribution in [0, 0.1) is 11.3 Å². The van der Waals surface area contributed by atoms with E-state index in [0.29, 0.717) is 18.2 Å². The molecule has 0 radical (unpaired) electrons. The van der Waals surface area contributed by atoms with E-state index in [-0.39, 0.29) is 58.2 Å². The molecule has 11 nitrogen and oxygen atoms in total. The highest BCUT2D eigenvalue weighted by Gasteiger charge is 2.39. The predicted octanol–water partition coefficient (Wildman–Crippen LogP) is 7.78. The summed E-state index contributed by atoms with van der Waals surface area (Å²) in [5, 5.41) is 9.59. The van der Waals surface area contributed by atoms with Crippen LogP contribution in [0.25, 0.3) is 11.1 Å². The highest BCUT2D eigenvalue weighted by molar-refractivity contribution is 7.93. The molecule has 3 aromatic rings. The summed E-state index contributed by atoms with van der Waals surface area (Å²) >= 11 is 6.57. The Bertz CT molecular complexity index is 1910. The van der Waals surface area contributed by atoms with E-state index in [4.69, 9.17) is 30.5 Å². The number of benzene rings is 2. The maximum Gasteiger partial charge on any atom is 0.511 e. The predicted molar refractivity (Wildman–Crippen MR) is 176 cm³/mol. The molecule has 2 aromatic carbocycles. The Morgan fingerprint density at radius 1 is 1.08 bits per heavy atom. The summed E-state index contributed by atoms with van der Waals surface area (Å²) in [6, 6.07) is 11.6. The van der Waals surface area contributed by atoms with Crippen LogP contribution in [0.15, 0.2) is 53.6 Å². The molecule has 0 aliphatic carbocycles. The van der Waals surface area contributed by atoms with Crippen molar-refractivity contribution in [2.45, 2.75) is 82.8 Å². The molecule has 16 heteroatoms. The fraction of sp³-hybridized carbons (Fsp3) is 0.412. The lowest BCUT2D eigenvalue weighted by Crippen LogP contribution is -2.41. The van der Waals surface area contributed by atoms with Crippen LogP contribution in [-0.4, -0.2) is 51.1 Å². The van der Waals surface area contributed by atoms with Crippen LogP contribution < -0.4 is 9.04 Å². The lowest BCUT2D eigenvalue weighted by atomic mass is 9.78. The van der Waals surface area contributed by atoms with Gasteiger partial charge >= 0.3 is 18.3 Å². The first kappa shape index (κ1) is 38.3. The first-order valence-corrected chi connectivity index (χ1v) is 17.3. The molecule has 2 heterocycles. The number of para-hydroxylation sites is 1. The Hall–Kier alpha value is -4.55. The van der Waals surface area contributed by atoms with Crippen molar-refractivity contribution in [2.75, 3.05) is 17.5 Å². The maximum absolute atomic E-state index is 14.5. The molecule has 0 bridgehead atoms. The van der Waals surface area contributed by atoms with Crippen molar-refractivity contribution < 1.29 is 50.1 Å². The van der Waals surface area contributed by atoms with Crippen LogP contribution in [0.4, 0.5) is 23.7 Å². The van der Waals surface area contributed by atoms with Gasteiger partial charge in [-0.2, -0.15) is 18.4 Å². The van der Waals surface area contributed by atoms with E-state index < -0.39 is 52.0 Å². The minimum Gasteiger partial charge on any atom is -0.492 e. The second-order valence-electron chi connectivity index (χ2n) is 12.3. The van der Waals surface area contributed by atoms with Crippen LogP contribution >= 0.6 is 11.6 Å². The van der Waals surface area contributed by atoms with E-state index in [9.17, 15) is 36.4 Å². The van der Waals surface area contributed by atoms with E-state index in [2.05, 4.69) is 4.98 Å². The third-order valence-electron chi connectivity index (χ3n) is 7.72. The Morgan fingerprint density at radius 3 is 2.44 bits per heavy atom. The number of carbonyl (C=O) groups excluding carboxylic acids is 2. The molecule has 50 heavy (non-hydrogen) atoms. The fourth-order valence-corrected chi connectivity index (χ4v) is 7.15. The van der Waals surface area contributed by atoms with Gasteiger partial charge < -0.3 is 18.9 Å². The molecule has 1 aliphatic rings. The second-order valence-corrected chi connectivity index (χ2v) is 14.5. The minimum atomic E-state index is -4.83. The van der Waals surface area contributed by atoms with E-state index >= 15 is 0 Å². The number of nitriles is 1. The zero-order valence-corrected chi connectivity index (χ0v) is 29.4. The largest absolute Gasteiger partial charge is 0.511 e. The van der Waals surface area contributed by atoms with E-state index in [1.54, 1.807) is 32.0 Å². The Balaban J connectivity index is 1.67. The zero-order valence-electron chi connectivity index (χ0n) is 27.8. The summed E-state index contributed by atoms with van der Waals surface area (Å²) in [5.41, 5.74) is -1.02. The van der Waals surface area contributed by atoms with Gasteiger partial charge in [-0.15, -0.1) is 0 Å². The Kier molecular flexibility index (Phi) is 11.6. The Morgan fingerprint density at radius 2 is 1.78 bits per heavy atom. The molecule has 0 fully saturated rings. The number of hydrogen-bond acceptors (Lipinski definition) is 10. The Labute approximate surface area is 292 Å². The molecule has 1 unspecified atom stereocenters. The molecular weight excluding hydrogens is 703 g/mol. The lowest BCUT2D eigenvalue weighted by molar-refractivity contribution is -0.168. The molecule has 0 saturated heterocycles. The van der Waals surface area contributed by atoms with Crippen LogP contribution in [0.1, 0.15) is 70.7 Å². The minimum absolute atomic E-state index is 0.0446. The van der Waals surface area contributed by atoms with Crippen LogP contribution in [0.2, 0.25) is 5.02 Å². The monoisotopic (exact) mass is 737 g/mol. The number of anilines is 1. The SMILES string of the molecule is CC(C)OC(=O)OC(C)OC(=O)CCCOc1cc(Cl)c(-c2cnc(C(F)(F)F)cc2C#N)cc1S(=O)(=O)N1CCC(C)(C)c2ccccc21. The molecule has 0 N–H and O–H groups in total. The number of rotatable bonds is 11. The van der Waals surface area contributed by atoms with Crippen molar-refractivity contribution in [1.82, 2.24) is 4.98 Å². The highest BCUT2D eigenvalue weighted by atomic mass is 35.5. The van der Waals surface area contributed by atoms with Gasteiger partial charge in [0.05, 0.1) is 35.1 Å². The number of carbonyl (C=O) groups is 2. The van der Waals surface area contributed by atoms with Gasteiger partial charge in [0, 0.05) is 43.3 Å². The van der Waals surface area contributed by atoms with Gasteiger partial charge in [-0.25, -0.2) is 13.2 Å². The number of sulfonamides is 1. The summed E-state index contributed by atoms with van der Waals surface area (Å²) in [4.78, 5) is 27.1. The summed E-state index contributed by atoms with van der Waals surface area (Å²) in [6.45, 7) is 8.49. The average molecular weight is 738 g/mol. The van der Waals surface area contributed by atoms with Gasteiger partial charge in [0.15, 0.2) is 0 Å². The van der Waals surface area contributed by atoms with E-state index in [1.807, 2.05) is 26.0 Å². The van der Waals surface area contributed by atoms with Crippen molar-refractivity contribution in [3.8, 4) is 22.9 Å². The molecular formula is C34H35ClF3N3O8S. The quantitative estimate of drug-likeness (QED) is 0.109. The second kappa shape index (κ2) is 15.1. The van der Waals surface area contributed by atoms with Gasteiger partial charge in [-0.05, 0) is 55.9 Å². The normalized spacial score (nSPS) is 14.7. The van der Waals surface area contributed by atoms with E-state index in [1.165, 1.54) is 17.3 Å². The van der Waals surface area contributed by atoms with Crippen LogP contribution in [0.5, 0.6) is 5.75 Å². The molecule has 0 amide bonds. The number of hydrogen-bond donors (Lipinski definition) is 0. The fourth-order valence-electron chi connectivity index (χ4n) is 5.26. The third-order valence-corrected chi connectivity index (χ3v) is 9.87. The lowest BCUT2D eigenvalue weighted by Gasteiger charge is -2.39. The van der Waals surface area contributed by atoms with Crippen LogP contribution in [0.3, 0.4) is 0 Å². The van der Waals surface area contributed by atoms with Crippen molar-refractivity contribution in [1.29, 1.82) is 5.26 Å². The van der Waals surface area contributed by atoms with Gasteiger partial charge in [-0.3, -0.25) is 14.1 Å². The molecule has 1 aromatic heterocycles. The number of alkyl halides is 3.